The van der Waals surface area contributed by atoms with Gasteiger partial charge in [0.15, 0.2) is 11.6 Å². The van der Waals surface area contributed by atoms with E-state index in [1.165, 1.54) is 12.5 Å². The van der Waals surface area contributed by atoms with Crippen LogP contribution in [0.4, 0.5) is 14.5 Å². The van der Waals surface area contributed by atoms with Crippen LogP contribution < -0.4 is 5.32 Å². The standard InChI is InChI=1S/C17H18BrF2NO/c18-17-7-10-3-11(8-17)6-16(5-10,9-17)15(22)21-12-1-2-13(19)14(20)4-12/h1-2,4,10-11H,3,5-9H2,(H,21,22). The molecule has 0 aliphatic heterocycles. The van der Waals surface area contributed by atoms with Crippen molar-refractivity contribution in [3.8, 4) is 0 Å². The number of carbonyl (C=O) groups excluding carboxylic acids is 1. The summed E-state index contributed by atoms with van der Waals surface area (Å²) in [5, 5.41) is 2.82. The summed E-state index contributed by atoms with van der Waals surface area (Å²) in [6.45, 7) is 0. The van der Waals surface area contributed by atoms with Gasteiger partial charge >= 0.3 is 0 Å². The quantitative estimate of drug-likeness (QED) is 0.756. The van der Waals surface area contributed by atoms with Gasteiger partial charge in [0.1, 0.15) is 0 Å². The van der Waals surface area contributed by atoms with Gasteiger partial charge < -0.3 is 5.32 Å². The molecule has 4 bridgehead atoms. The van der Waals surface area contributed by atoms with Crippen molar-refractivity contribution in [2.75, 3.05) is 5.32 Å². The molecular formula is C17H18BrF2NO. The number of benzene rings is 1. The molecule has 4 fully saturated rings. The molecule has 0 saturated heterocycles. The molecule has 1 N–H and O–H groups in total. The fraction of sp³-hybridized carbons (Fsp3) is 0.588. The first-order chi connectivity index (χ1) is 10.4. The van der Waals surface area contributed by atoms with E-state index in [1.807, 2.05) is 0 Å². The van der Waals surface area contributed by atoms with Crippen molar-refractivity contribution in [2.24, 2.45) is 17.3 Å². The Kier molecular flexibility index (Phi) is 3.16. The monoisotopic (exact) mass is 369 g/mol. The molecule has 4 saturated carbocycles. The third-order valence-corrected chi connectivity index (χ3v) is 6.58. The zero-order chi connectivity index (χ0) is 15.5. The summed E-state index contributed by atoms with van der Waals surface area (Å²) >= 11 is 3.88. The zero-order valence-corrected chi connectivity index (χ0v) is 13.8. The Morgan fingerprint density at radius 2 is 1.82 bits per heavy atom. The van der Waals surface area contributed by atoms with Crippen molar-refractivity contribution in [3.05, 3.63) is 29.8 Å². The van der Waals surface area contributed by atoms with Gasteiger partial charge in [-0.25, -0.2) is 8.78 Å². The van der Waals surface area contributed by atoms with Gasteiger partial charge in [0.2, 0.25) is 5.91 Å². The molecule has 0 spiro atoms. The van der Waals surface area contributed by atoms with Crippen LogP contribution in [0.5, 0.6) is 0 Å². The number of halogens is 3. The van der Waals surface area contributed by atoms with Crippen LogP contribution in [0.3, 0.4) is 0 Å². The number of nitrogens with one attached hydrogen (secondary N) is 1. The number of amides is 1. The van der Waals surface area contributed by atoms with E-state index in [-0.39, 0.29) is 15.6 Å². The Morgan fingerprint density at radius 3 is 2.41 bits per heavy atom. The second-order valence-corrected chi connectivity index (χ2v) is 9.16. The third-order valence-electron chi connectivity index (χ3n) is 5.65. The van der Waals surface area contributed by atoms with Gasteiger partial charge in [-0.15, -0.1) is 0 Å². The molecule has 0 aromatic heterocycles. The third kappa shape index (κ3) is 2.29. The van der Waals surface area contributed by atoms with Crippen LogP contribution >= 0.6 is 15.9 Å². The summed E-state index contributed by atoms with van der Waals surface area (Å²) in [5.74, 6) is -0.642. The van der Waals surface area contributed by atoms with Crippen LogP contribution in [-0.4, -0.2) is 10.2 Å². The second-order valence-electron chi connectivity index (χ2n) is 7.48. The van der Waals surface area contributed by atoms with Crippen LogP contribution in [0.25, 0.3) is 0 Å². The maximum absolute atomic E-state index is 13.3. The second kappa shape index (κ2) is 4.76. The van der Waals surface area contributed by atoms with Gasteiger partial charge in [-0.2, -0.15) is 0 Å². The minimum atomic E-state index is -0.930. The Labute approximate surface area is 136 Å². The molecule has 0 heterocycles. The number of carbonyl (C=O) groups is 1. The minimum Gasteiger partial charge on any atom is -0.326 e. The van der Waals surface area contributed by atoms with Gasteiger partial charge in [-0.05, 0) is 62.5 Å². The van der Waals surface area contributed by atoms with E-state index in [0.717, 1.165) is 44.2 Å². The van der Waals surface area contributed by atoms with Crippen LogP contribution in [-0.2, 0) is 4.79 Å². The Hall–Kier alpha value is -0.970. The maximum Gasteiger partial charge on any atom is 0.230 e. The molecule has 1 amide bonds. The predicted molar refractivity (Wildman–Crippen MR) is 83.8 cm³/mol. The highest BCUT2D eigenvalue weighted by Gasteiger charge is 2.59. The first-order valence-corrected chi connectivity index (χ1v) is 8.62. The average molecular weight is 370 g/mol. The zero-order valence-electron chi connectivity index (χ0n) is 12.2. The van der Waals surface area contributed by atoms with E-state index in [1.54, 1.807) is 0 Å². The average Bonchev–Trinajstić information content (AvgIpc) is 2.40. The molecule has 1 aromatic carbocycles. The lowest BCUT2D eigenvalue weighted by Gasteiger charge is -2.59. The van der Waals surface area contributed by atoms with E-state index in [4.69, 9.17) is 0 Å². The van der Waals surface area contributed by atoms with Crippen molar-refractivity contribution in [1.29, 1.82) is 0 Å². The molecule has 2 nitrogen and oxygen atoms in total. The summed E-state index contributed by atoms with van der Waals surface area (Å²) in [7, 11) is 0. The Morgan fingerprint density at radius 1 is 1.14 bits per heavy atom. The number of alkyl halides is 1. The number of anilines is 1. The van der Waals surface area contributed by atoms with Crippen molar-refractivity contribution in [3.63, 3.8) is 0 Å². The maximum atomic E-state index is 13.3. The van der Waals surface area contributed by atoms with Crippen LogP contribution in [0.1, 0.15) is 38.5 Å². The van der Waals surface area contributed by atoms with E-state index >= 15 is 0 Å². The van der Waals surface area contributed by atoms with Gasteiger partial charge in [-0.1, -0.05) is 15.9 Å². The molecule has 4 aliphatic carbocycles. The van der Waals surface area contributed by atoms with Crippen LogP contribution in [0.15, 0.2) is 18.2 Å². The summed E-state index contributed by atoms with van der Waals surface area (Å²) in [6.07, 6.45) is 6.24. The van der Waals surface area contributed by atoms with Crippen molar-refractivity contribution in [2.45, 2.75) is 42.8 Å². The van der Waals surface area contributed by atoms with Crippen LogP contribution in [0, 0.1) is 28.9 Å². The molecule has 5 heteroatoms. The fourth-order valence-corrected chi connectivity index (χ4v) is 6.71. The molecule has 0 radical (unpaired) electrons. The predicted octanol–water partition coefficient (Wildman–Crippen LogP) is 4.64. The van der Waals surface area contributed by atoms with E-state index in [0.29, 0.717) is 17.5 Å². The molecular weight excluding hydrogens is 352 g/mol. The fourth-order valence-electron chi connectivity index (χ4n) is 5.25. The summed E-state index contributed by atoms with van der Waals surface area (Å²) in [4.78, 5) is 12.9. The van der Waals surface area contributed by atoms with E-state index in [9.17, 15) is 13.6 Å². The minimum absolute atomic E-state index is 0.0311. The first kappa shape index (κ1) is 14.6. The Bertz CT molecular complexity index is 634. The van der Waals surface area contributed by atoms with Crippen molar-refractivity contribution >= 4 is 27.5 Å². The van der Waals surface area contributed by atoms with Crippen LogP contribution in [0.2, 0.25) is 0 Å². The highest BCUT2D eigenvalue weighted by Crippen LogP contribution is 2.64. The van der Waals surface area contributed by atoms with Gasteiger partial charge in [-0.3, -0.25) is 4.79 Å². The number of rotatable bonds is 2. The first-order valence-electron chi connectivity index (χ1n) is 7.83. The number of hydrogen-bond acceptors (Lipinski definition) is 1. The topological polar surface area (TPSA) is 29.1 Å². The van der Waals surface area contributed by atoms with E-state index < -0.39 is 11.6 Å². The molecule has 22 heavy (non-hydrogen) atoms. The number of hydrogen-bond donors (Lipinski definition) is 1. The molecule has 1 aromatic rings. The summed E-state index contributed by atoms with van der Waals surface area (Å²) < 4.78 is 26.4. The lowest BCUT2D eigenvalue weighted by Crippen LogP contribution is -2.57. The highest BCUT2D eigenvalue weighted by atomic mass is 79.9. The Balaban J connectivity index is 1.58. The molecule has 118 valence electrons. The lowest BCUT2D eigenvalue weighted by atomic mass is 9.49. The smallest absolute Gasteiger partial charge is 0.230 e. The normalized spacial score (nSPS) is 39.0. The van der Waals surface area contributed by atoms with Gasteiger partial charge in [0.05, 0.1) is 5.41 Å². The largest absolute Gasteiger partial charge is 0.326 e. The SMILES string of the molecule is O=C(Nc1ccc(F)c(F)c1)C12CC3CC(CC(Br)(C3)C1)C2. The highest BCUT2D eigenvalue weighted by molar-refractivity contribution is 9.10. The van der Waals surface area contributed by atoms with Gasteiger partial charge in [0, 0.05) is 16.1 Å². The lowest BCUT2D eigenvalue weighted by molar-refractivity contribution is -0.138. The van der Waals surface area contributed by atoms with Crippen molar-refractivity contribution in [1.82, 2.24) is 0 Å². The summed E-state index contributed by atoms with van der Waals surface area (Å²) in [5.41, 5.74) is -0.0124. The molecule has 4 aliphatic rings. The molecule has 2 unspecified atom stereocenters. The van der Waals surface area contributed by atoms with E-state index in [2.05, 4.69) is 21.2 Å². The van der Waals surface area contributed by atoms with Crippen molar-refractivity contribution < 1.29 is 13.6 Å². The van der Waals surface area contributed by atoms with Gasteiger partial charge in [0.25, 0.3) is 0 Å². The molecule has 5 rings (SSSR count). The summed E-state index contributed by atoms with van der Waals surface area (Å²) in [6, 6.07) is 3.52. The molecule has 2 atom stereocenters.